The summed E-state index contributed by atoms with van der Waals surface area (Å²) in [5, 5.41) is 11.4. The van der Waals surface area contributed by atoms with E-state index in [2.05, 4.69) is 5.32 Å². The van der Waals surface area contributed by atoms with Crippen molar-refractivity contribution in [3.8, 4) is 0 Å². The van der Waals surface area contributed by atoms with Gasteiger partial charge in [-0.2, -0.15) is 0 Å². The molecule has 0 spiro atoms. The summed E-state index contributed by atoms with van der Waals surface area (Å²) < 4.78 is 27.2. The topological polar surface area (TPSA) is 110 Å². The maximum atomic E-state index is 12.3. The molecule has 1 fully saturated rings. The highest BCUT2D eigenvalue weighted by atomic mass is 32.2. The van der Waals surface area contributed by atoms with Crippen LogP contribution in [-0.2, 0) is 24.2 Å². The van der Waals surface area contributed by atoms with Crippen molar-refractivity contribution >= 4 is 21.7 Å². The molecule has 8 heteroatoms. The first kappa shape index (κ1) is 16.9. The van der Waals surface area contributed by atoms with Gasteiger partial charge in [-0.1, -0.05) is 12.8 Å². The Hall–Kier alpha value is -1.15. The van der Waals surface area contributed by atoms with Gasteiger partial charge >= 0.3 is 5.97 Å². The highest BCUT2D eigenvalue weighted by Crippen LogP contribution is 2.36. The minimum absolute atomic E-state index is 0.0947. The average Bonchev–Trinajstić information content (AvgIpc) is 2.83. The van der Waals surface area contributed by atoms with Gasteiger partial charge in [0.15, 0.2) is 9.84 Å². The Morgan fingerprint density at radius 1 is 1.35 bits per heavy atom. The third-order valence-corrected chi connectivity index (χ3v) is 5.76. The number of carboxylic acid groups (broad SMARTS) is 1. The van der Waals surface area contributed by atoms with Gasteiger partial charge in [-0.25, -0.2) is 13.2 Å². The SMILES string of the molecule is COCCC(NC(=O)C1(S(C)(=O)=O)CCCC1)C(=O)O. The number of amides is 1. The lowest BCUT2D eigenvalue weighted by Gasteiger charge is -2.27. The van der Waals surface area contributed by atoms with E-state index in [4.69, 9.17) is 9.84 Å². The van der Waals surface area contributed by atoms with Gasteiger partial charge < -0.3 is 15.2 Å². The molecule has 0 aromatic carbocycles. The Morgan fingerprint density at radius 2 is 1.90 bits per heavy atom. The monoisotopic (exact) mass is 307 g/mol. The van der Waals surface area contributed by atoms with Crippen LogP contribution in [0.1, 0.15) is 32.1 Å². The van der Waals surface area contributed by atoms with E-state index in [1.807, 2.05) is 0 Å². The molecule has 1 unspecified atom stereocenters. The molecule has 1 amide bonds. The minimum Gasteiger partial charge on any atom is -0.480 e. The smallest absolute Gasteiger partial charge is 0.326 e. The van der Waals surface area contributed by atoms with E-state index in [1.165, 1.54) is 7.11 Å². The van der Waals surface area contributed by atoms with E-state index in [-0.39, 0.29) is 25.9 Å². The highest BCUT2D eigenvalue weighted by molar-refractivity contribution is 7.92. The number of sulfone groups is 1. The summed E-state index contributed by atoms with van der Waals surface area (Å²) in [6.07, 6.45) is 2.91. The van der Waals surface area contributed by atoms with Crippen LogP contribution in [0.25, 0.3) is 0 Å². The third kappa shape index (κ3) is 3.49. The summed E-state index contributed by atoms with van der Waals surface area (Å²) in [5.41, 5.74) is 0. The Morgan fingerprint density at radius 3 is 2.30 bits per heavy atom. The van der Waals surface area contributed by atoms with Crippen molar-refractivity contribution < 1.29 is 27.9 Å². The molecule has 1 aliphatic carbocycles. The van der Waals surface area contributed by atoms with E-state index in [0.717, 1.165) is 6.26 Å². The second kappa shape index (κ2) is 6.53. The van der Waals surface area contributed by atoms with Crippen LogP contribution in [0.15, 0.2) is 0 Å². The molecule has 0 bridgehead atoms. The number of carbonyl (C=O) groups excluding carboxylic acids is 1. The predicted octanol–water partition coefficient (Wildman–Crippen LogP) is -0.0503. The molecular formula is C12H21NO6S. The fourth-order valence-corrected chi connectivity index (χ4v) is 3.92. The summed E-state index contributed by atoms with van der Waals surface area (Å²) in [6, 6.07) is -1.14. The second-order valence-corrected chi connectivity index (χ2v) is 7.45. The summed E-state index contributed by atoms with van der Waals surface area (Å²) in [6.45, 7) is 0.170. The molecule has 0 radical (unpaired) electrons. The lowest BCUT2D eigenvalue weighted by molar-refractivity contribution is -0.142. The number of carbonyl (C=O) groups is 2. The maximum Gasteiger partial charge on any atom is 0.326 e. The van der Waals surface area contributed by atoms with Crippen LogP contribution in [-0.4, -0.2) is 56.2 Å². The third-order valence-electron chi connectivity index (χ3n) is 3.75. The minimum atomic E-state index is -3.59. The molecule has 0 aliphatic heterocycles. The van der Waals surface area contributed by atoms with Crippen molar-refractivity contribution in [1.29, 1.82) is 0 Å². The molecule has 2 N–H and O–H groups in total. The van der Waals surface area contributed by atoms with Crippen molar-refractivity contribution in [2.45, 2.75) is 42.9 Å². The van der Waals surface area contributed by atoms with Crippen molar-refractivity contribution in [3.63, 3.8) is 0 Å². The average molecular weight is 307 g/mol. The Labute approximate surface area is 118 Å². The van der Waals surface area contributed by atoms with E-state index < -0.39 is 32.5 Å². The Bertz CT molecular complexity index is 466. The second-order valence-electron chi connectivity index (χ2n) is 5.12. The zero-order chi connectivity index (χ0) is 15.4. The molecular weight excluding hydrogens is 286 g/mol. The number of aliphatic carboxylic acids is 1. The van der Waals surface area contributed by atoms with Gasteiger partial charge in [-0.05, 0) is 12.8 Å². The van der Waals surface area contributed by atoms with E-state index in [9.17, 15) is 18.0 Å². The van der Waals surface area contributed by atoms with Crippen LogP contribution in [0.3, 0.4) is 0 Å². The standard InChI is InChI=1S/C12H21NO6S/c1-19-8-5-9(10(14)15)13-11(16)12(20(2,17)18)6-3-4-7-12/h9H,3-8H2,1-2H3,(H,13,16)(H,14,15). The summed E-state index contributed by atoms with van der Waals surface area (Å²) in [7, 11) is -2.17. The molecule has 20 heavy (non-hydrogen) atoms. The van der Waals surface area contributed by atoms with Crippen molar-refractivity contribution in [1.82, 2.24) is 5.32 Å². The van der Waals surface area contributed by atoms with Crippen LogP contribution < -0.4 is 5.32 Å². The number of nitrogens with one attached hydrogen (secondary N) is 1. The van der Waals surface area contributed by atoms with Gasteiger partial charge in [0.2, 0.25) is 5.91 Å². The van der Waals surface area contributed by atoms with E-state index >= 15 is 0 Å². The fraction of sp³-hybridized carbons (Fsp3) is 0.833. The summed E-state index contributed by atoms with van der Waals surface area (Å²) >= 11 is 0. The van der Waals surface area contributed by atoms with Crippen LogP contribution in [0.2, 0.25) is 0 Å². The number of rotatable bonds is 7. The van der Waals surface area contributed by atoms with Crippen molar-refractivity contribution in [3.05, 3.63) is 0 Å². The van der Waals surface area contributed by atoms with Gasteiger partial charge in [0.05, 0.1) is 0 Å². The summed E-state index contributed by atoms with van der Waals surface area (Å²) in [5.74, 6) is -1.90. The molecule has 0 aromatic rings. The van der Waals surface area contributed by atoms with Crippen LogP contribution in [0.5, 0.6) is 0 Å². The molecule has 1 saturated carbocycles. The predicted molar refractivity (Wildman–Crippen MR) is 72.1 cm³/mol. The zero-order valence-electron chi connectivity index (χ0n) is 11.7. The number of methoxy groups -OCH3 is 1. The first-order valence-corrected chi connectivity index (χ1v) is 8.36. The zero-order valence-corrected chi connectivity index (χ0v) is 12.5. The molecule has 1 aliphatic rings. The fourth-order valence-electron chi connectivity index (χ4n) is 2.50. The van der Waals surface area contributed by atoms with E-state index in [0.29, 0.717) is 12.8 Å². The lowest BCUT2D eigenvalue weighted by Crippen LogP contribution is -2.54. The molecule has 1 atom stereocenters. The van der Waals surface area contributed by atoms with Gasteiger partial charge in [0.1, 0.15) is 10.8 Å². The molecule has 0 heterocycles. The van der Waals surface area contributed by atoms with Crippen LogP contribution in [0, 0.1) is 0 Å². The summed E-state index contributed by atoms with van der Waals surface area (Å²) in [4.78, 5) is 23.4. The van der Waals surface area contributed by atoms with Gasteiger partial charge in [0.25, 0.3) is 0 Å². The molecule has 0 saturated heterocycles. The van der Waals surface area contributed by atoms with Gasteiger partial charge in [-0.15, -0.1) is 0 Å². The first-order valence-electron chi connectivity index (χ1n) is 6.47. The largest absolute Gasteiger partial charge is 0.480 e. The van der Waals surface area contributed by atoms with Crippen LogP contribution in [0.4, 0.5) is 0 Å². The quantitative estimate of drug-likeness (QED) is 0.682. The first-order chi connectivity index (χ1) is 9.24. The number of hydrogen-bond acceptors (Lipinski definition) is 5. The maximum absolute atomic E-state index is 12.3. The number of ether oxygens (including phenoxy) is 1. The van der Waals surface area contributed by atoms with Gasteiger partial charge in [-0.3, -0.25) is 4.79 Å². The normalized spacial score (nSPS) is 19.5. The van der Waals surface area contributed by atoms with Crippen molar-refractivity contribution in [2.75, 3.05) is 20.0 Å². The van der Waals surface area contributed by atoms with Crippen molar-refractivity contribution in [2.24, 2.45) is 0 Å². The number of hydrogen-bond donors (Lipinski definition) is 2. The lowest BCUT2D eigenvalue weighted by atomic mass is 10.1. The molecule has 1 rings (SSSR count). The van der Waals surface area contributed by atoms with E-state index in [1.54, 1.807) is 0 Å². The molecule has 0 aromatic heterocycles. The number of carboxylic acids is 1. The van der Waals surface area contributed by atoms with Crippen LogP contribution >= 0.6 is 0 Å². The molecule has 116 valence electrons. The Balaban J connectivity index is 2.88. The highest BCUT2D eigenvalue weighted by Gasteiger charge is 2.50. The van der Waals surface area contributed by atoms with Gasteiger partial charge in [0, 0.05) is 26.4 Å². The molecule has 7 nitrogen and oxygen atoms in total. The Kier molecular flexibility index (Phi) is 5.52.